The van der Waals surface area contributed by atoms with Crippen LogP contribution in [-0.2, 0) is 19.2 Å². The predicted molar refractivity (Wildman–Crippen MR) is 177 cm³/mol. The molecule has 4 amide bonds. The van der Waals surface area contributed by atoms with E-state index < -0.39 is 60.0 Å². The van der Waals surface area contributed by atoms with E-state index in [0.717, 1.165) is 10.9 Å². The Labute approximate surface area is 283 Å². The van der Waals surface area contributed by atoms with Crippen molar-refractivity contribution in [2.75, 3.05) is 18.4 Å². The van der Waals surface area contributed by atoms with E-state index in [1.165, 1.54) is 12.1 Å². The lowest BCUT2D eigenvalue weighted by atomic mass is 10.0. The highest BCUT2D eigenvalue weighted by molar-refractivity contribution is 6.00. The van der Waals surface area contributed by atoms with Gasteiger partial charge in [-0.05, 0) is 55.5 Å². The van der Waals surface area contributed by atoms with Gasteiger partial charge in [0.1, 0.15) is 17.7 Å². The second-order valence-electron chi connectivity index (χ2n) is 11.1. The number of alkyl halides is 3. The van der Waals surface area contributed by atoms with E-state index in [1.807, 2.05) is 0 Å². The number of nitrogens with one attached hydrogen (secondary N) is 4. The summed E-state index contributed by atoms with van der Waals surface area (Å²) in [6.07, 6.45) is -4.53. The van der Waals surface area contributed by atoms with Crippen LogP contribution in [0.5, 0.6) is 0 Å². The molecule has 0 unspecified atom stereocenters. The molecule has 0 saturated carbocycles. The molecule has 2 atom stereocenters. The summed E-state index contributed by atoms with van der Waals surface area (Å²) in [4.78, 5) is 76.1. The predicted octanol–water partition coefficient (Wildman–Crippen LogP) is 1.78. The molecule has 3 rings (SSSR count). The van der Waals surface area contributed by atoms with Gasteiger partial charge in [-0.2, -0.15) is 13.2 Å². The highest BCUT2D eigenvalue weighted by Crippen LogP contribution is 2.21. The topological polar surface area (TPSA) is 248 Å². The average molecular weight is 706 g/mol. The fraction of sp³-hybridized carbons (Fsp3) is 0.344. The molecule has 15 nitrogen and oxygen atoms in total. The number of aryl methyl sites for hydroxylation is 1. The van der Waals surface area contributed by atoms with Crippen molar-refractivity contribution in [3.8, 4) is 0 Å². The van der Waals surface area contributed by atoms with Gasteiger partial charge >= 0.3 is 17.8 Å². The molecule has 9 N–H and O–H groups in total. The number of benzene rings is 2. The fourth-order valence-electron chi connectivity index (χ4n) is 4.28. The molecule has 0 aliphatic heterocycles. The summed E-state index contributed by atoms with van der Waals surface area (Å²) in [5.41, 5.74) is 12.0. The zero-order chi connectivity index (χ0) is 37.6. The third-order valence-corrected chi connectivity index (χ3v) is 6.75. The zero-order valence-electron chi connectivity index (χ0n) is 27.3. The van der Waals surface area contributed by atoms with Crippen LogP contribution in [0.4, 0.5) is 18.9 Å². The zero-order valence-corrected chi connectivity index (χ0v) is 27.3. The first-order chi connectivity index (χ1) is 23.4. The number of carboxylic acid groups (broad SMARTS) is 1. The molecule has 3 aromatic rings. The number of hydrogen-bond acceptors (Lipinski definition) is 8. The van der Waals surface area contributed by atoms with Crippen molar-refractivity contribution < 1.29 is 46.7 Å². The summed E-state index contributed by atoms with van der Waals surface area (Å²) in [7, 11) is 0. The molecule has 0 bridgehead atoms. The maximum absolute atomic E-state index is 13.2. The van der Waals surface area contributed by atoms with Gasteiger partial charge in [0.2, 0.25) is 17.7 Å². The Hall–Kier alpha value is -5.94. The highest BCUT2D eigenvalue weighted by Gasteiger charge is 2.38. The number of guanidine groups is 1. The third kappa shape index (κ3) is 13.3. The quantitative estimate of drug-likeness (QED) is 0.0588. The van der Waals surface area contributed by atoms with Gasteiger partial charge in [0.15, 0.2) is 5.96 Å². The fourth-order valence-corrected chi connectivity index (χ4v) is 4.28. The number of nitrogens with two attached hydrogens (primary N) is 2. The molecule has 0 spiro atoms. The number of aliphatic imine (C=N–C) groups is 1. The molecule has 0 saturated heterocycles. The van der Waals surface area contributed by atoms with Crippen molar-refractivity contribution in [1.29, 1.82) is 0 Å². The molecule has 1 aromatic heterocycles. The largest absolute Gasteiger partial charge is 0.490 e. The Morgan fingerprint density at radius 3 is 2.18 bits per heavy atom. The van der Waals surface area contributed by atoms with E-state index in [2.05, 4.69) is 26.3 Å². The lowest BCUT2D eigenvalue weighted by Gasteiger charge is -2.22. The van der Waals surface area contributed by atoms with Crippen LogP contribution in [0, 0.1) is 12.8 Å². The Bertz CT molecular complexity index is 1760. The Morgan fingerprint density at radius 1 is 0.960 bits per heavy atom. The standard InChI is InChI=1S/C30H37N7O6.C2HF3O2/c1-17(2)26(37-27(40)19-8-5-4-6-9-19)29(42)34-16-24(38)36-22(10-7-13-33-30(31)32)28(41)35-20-11-12-21-18(3)14-25(39)43-23(21)15-20;3-2(4,5)1(6)7/h4-6,8-9,11-12,14-15,17,22,26H,7,10,13,16H2,1-3H3,(H,34,42)(H,35,41)(H,36,38)(H,37,40)(H4,31,32,33);(H,6,7)/t22-,26-;/m0./s1. The SMILES string of the molecule is Cc1cc(=O)oc2cc(NC(=O)[C@H](CCCN=C(N)N)NC(=O)CNC(=O)[C@@H](NC(=O)c3ccccc3)C(C)C)ccc12.O=C(O)C(F)(F)F. The highest BCUT2D eigenvalue weighted by atomic mass is 19.4. The molecule has 0 radical (unpaired) electrons. The van der Waals surface area contributed by atoms with E-state index in [9.17, 15) is 37.1 Å². The van der Waals surface area contributed by atoms with Gasteiger partial charge in [-0.25, -0.2) is 9.59 Å². The first-order valence-corrected chi connectivity index (χ1v) is 15.0. The third-order valence-electron chi connectivity index (χ3n) is 6.75. The molecule has 50 heavy (non-hydrogen) atoms. The van der Waals surface area contributed by atoms with Gasteiger partial charge in [-0.1, -0.05) is 32.0 Å². The normalized spacial score (nSPS) is 12.1. The van der Waals surface area contributed by atoms with Crippen molar-refractivity contribution in [3.63, 3.8) is 0 Å². The minimum Gasteiger partial charge on any atom is -0.475 e. The molecule has 0 aliphatic carbocycles. The van der Waals surface area contributed by atoms with Crippen LogP contribution in [0.15, 0.2) is 68.8 Å². The van der Waals surface area contributed by atoms with Crippen LogP contribution in [0.1, 0.15) is 42.6 Å². The van der Waals surface area contributed by atoms with Gasteiger partial charge < -0.3 is 42.3 Å². The van der Waals surface area contributed by atoms with E-state index >= 15 is 0 Å². The van der Waals surface area contributed by atoms with Crippen LogP contribution in [0.3, 0.4) is 0 Å². The first-order valence-electron chi connectivity index (χ1n) is 15.0. The van der Waals surface area contributed by atoms with Crippen LogP contribution < -0.4 is 38.4 Å². The molecular formula is C32H38F3N7O8. The van der Waals surface area contributed by atoms with Crippen LogP contribution in [0.25, 0.3) is 11.0 Å². The summed E-state index contributed by atoms with van der Waals surface area (Å²) in [5, 5.41) is 18.4. The summed E-state index contributed by atoms with van der Waals surface area (Å²) >= 11 is 0. The van der Waals surface area contributed by atoms with Gasteiger partial charge in [-0.15, -0.1) is 0 Å². The molecule has 0 aliphatic rings. The summed E-state index contributed by atoms with van der Waals surface area (Å²) in [6, 6.07) is 12.8. The Morgan fingerprint density at radius 2 is 1.60 bits per heavy atom. The number of amides is 4. The van der Waals surface area contributed by atoms with E-state index in [4.69, 9.17) is 25.8 Å². The second kappa shape index (κ2) is 18.6. The second-order valence-corrected chi connectivity index (χ2v) is 11.1. The number of carbonyl (C=O) groups excluding carboxylic acids is 4. The number of fused-ring (bicyclic) bond motifs is 1. The van der Waals surface area contributed by atoms with Gasteiger partial charge in [0.25, 0.3) is 5.91 Å². The van der Waals surface area contributed by atoms with Gasteiger partial charge in [0, 0.05) is 35.3 Å². The number of nitrogens with zero attached hydrogens (tertiary/aromatic N) is 1. The number of rotatable bonds is 13. The average Bonchev–Trinajstić information content (AvgIpc) is 3.03. The van der Waals surface area contributed by atoms with Crippen molar-refractivity contribution >= 4 is 52.2 Å². The number of anilines is 1. The lowest BCUT2D eigenvalue weighted by Crippen LogP contribution is -2.53. The number of aliphatic carboxylic acids is 1. The van der Waals surface area contributed by atoms with Crippen molar-refractivity contribution in [2.24, 2.45) is 22.4 Å². The smallest absolute Gasteiger partial charge is 0.475 e. The van der Waals surface area contributed by atoms with E-state index in [0.29, 0.717) is 23.3 Å². The lowest BCUT2D eigenvalue weighted by molar-refractivity contribution is -0.192. The van der Waals surface area contributed by atoms with Gasteiger partial charge in [-0.3, -0.25) is 24.2 Å². The molecular weight excluding hydrogens is 667 g/mol. The number of halogens is 3. The van der Waals surface area contributed by atoms with Crippen LogP contribution in [-0.4, -0.2) is 72.0 Å². The molecule has 270 valence electrons. The van der Waals surface area contributed by atoms with E-state index in [1.54, 1.807) is 63.2 Å². The number of carbonyl (C=O) groups is 5. The van der Waals surface area contributed by atoms with Crippen LogP contribution >= 0.6 is 0 Å². The Kier molecular flexibility index (Phi) is 14.9. The van der Waals surface area contributed by atoms with Crippen LogP contribution in [0.2, 0.25) is 0 Å². The first kappa shape index (κ1) is 40.2. The summed E-state index contributed by atoms with van der Waals surface area (Å²) < 4.78 is 37.0. The van der Waals surface area contributed by atoms with Crippen molar-refractivity contribution in [1.82, 2.24) is 16.0 Å². The Balaban J connectivity index is 0.00000112. The van der Waals surface area contributed by atoms with Crippen molar-refractivity contribution in [2.45, 2.75) is 51.9 Å². The maximum atomic E-state index is 13.2. The molecule has 1 heterocycles. The molecule has 0 fully saturated rings. The summed E-state index contributed by atoms with van der Waals surface area (Å²) in [6.45, 7) is 5.12. The van der Waals surface area contributed by atoms with Gasteiger partial charge in [0.05, 0.1) is 6.54 Å². The number of hydrogen-bond donors (Lipinski definition) is 7. The minimum absolute atomic E-state index is 0.0974. The monoisotopic (exact) mass is 705 g/mol. The minimum atomic E-state index is -5.08. The van der Waals surface area contributed by atoms with Crippen molar-refractivity contribution in [3.05, 3.63) is 76.1 Å². The maximum Gasteiger partial charge on any atom is 0.490 e. The molecule has 2 aromatic carbocycles. The van der Waals surface area contributed by atoms with E-state index in [-0.39, 0.29) is 24.8 Å². The molecule has 18 heteroatoms. The summed E-state index contributed by atoms with van der Waals surface area (Å²) in [5.74, 6) is -5.23. The number of carboxylic acids is 1.